The lowest BCUT2D eigenvalue weighted by Gasteiger charge is -2.38. The second-order valence-electron chi connectivity index (χ2n) is 8.05. The lowest BCUT2D eigenvalue weighted by atomic mass is 10.00. The SMILES string of the molecule is C[C@@H]1CCCN(CN2C(=O)C3(OCC(CO)([N+](=O)[O-])CO3)c3ccccc32)C1. The number of fused-ring (bicyclic) bond motifs is 2. The number of piperidine rings is 1. The summed E-state index contributed by atoms with van der Waals surface area (Å²) in [5.74, 6) is -1.49. The van der Waals surface area contributed by atoms with E-state index in [9.17, 15) is 20.0 Å². The van der Waals surface area contributed by atoms with Gasteiger partial charge in [0.05, 0.1) is 12.4 Å². The number of anilines is 1. The van der Waals surface area contributed by atoms with Gasteiger partial charge in [0, 0.05) is 17.0 Å². The van der Waals surface area contributed by atoms with Crippen molar-refractivity contribution in [3.63, 3.8) is 0 Å². The number of hydrogen-bond acceptors (Lipinski definition) is 7. The molecule has 2 fully saturated rings. The predicted molar refractivity (Wildman–Crippen MR) is 99.2 cm³/mol. The maximum absolute atomic E-state index is 13.4. The molecule has 9 nitrogen and oxygen atoms in total. The first-order valence-electron chi connectivity index (χ1n) is 9.59. The number of rotatable bonds is 4. The third-order valence-electron chi connectivity index (χ3n) is 5.93. The molecule has 1 aromatic rings. The molecule has 152 valence electrons. The molecule has 0 saturated carbocycles. The zero-order valence-corrected chi connectivity index (χ0v) is 15.9. The summed E-state index contributed by atoms with van der Waals surface area (Å²) in [6.07, 6.45) is 2.27. The Morgan fingerprint density at radius 3 is 2.68 bits per heavy atom. The van der Waals surface area contributed by atoms with E-state index in [2.05, 4.69) is 11.8 Å². The van der Waals surface area contributed by atoms with Crippen LogP contribution in [0.15, 0.2) is 24.3 Å². The molecular weight excluding hydrogens is 366 g/mol. The number of aliphatic hydroxyl groups is 1. The number of likely N-dealkylation sites (tertiary alicyclic amines) is 1. The first-order valence-corrected chi connectivity index (χ1v) is 9.59. The number of aliphatic hydroxyl groups excluding tert-OH is 1. The molecular formula is C19H25N3O6. The van der Waals surface area contributed by atoms with E-state index in [0.717, 1.165) is 19.5 Å². The molecule has 3 aliphatic heterocycles. The number of hydrogen-bond donors (Lipinski definition) is 1. The Hall–Kier alpha value is -2.07. The van der Waals surface area contributed by atoms with Crippen LogP contribution in [0.1, 0.15) is 25.3 Å². The van der Waals surface area contributed by atoms with Crippen molar-refractivity contribution in [3.05, 3.63) is 39.9 Å². The summed E-state index contributed by atoms with van der Waals surface area (Å²) < 4.78 is 11.5. The standard InChI is InChI=1S/C19H25N3O6/c1-14-5-4-8-20(9-14)13-21-16-7-3-2-6-15(16)19(17(21)24)27-11-18(10-23,12-28-19)22(25)26/h2-3,6-7,14,23H,4-5,8-13H2,1H3/t14-,18?,19?/m1/s1. The van der Waals surface area contributed by atoms with E-state index in [-0.39, 0.29) is 5.91 Å². The van der Waals surface area contributed by atoms with Gasteiger partial charge in [-0.15, -0.1) is 0 Å². The van der Waals surface area contributed by atoms with Crippen LogP contribution in [-0.4, -0.2) is 66.0 Å². The Balaban J connectivity index is 1.62. The molecule has 1 spiro atoms. The van der Waals surface area contributed by atoms with Crippen LogP contribution in [0.4, 0.5) is 5.69 Å². The molecule has 2 saturated heterocycles. The second-order valence-corrected chi connectivity index (χ2v) is 8.05. The summed E-state index contributed by atoms with van der Waals surface area (Å²) in [5, 5.41) is 20.9. The minimum Gasteiger partial charge on any atom is -0.389 e. The molecule has 28 heavy (non-hydrogen) atoms. The van der Waals surface area contributed by atoms with Gasteiger partial charge >= 0.3 is 0 Å². The summed E-state index contributed by atoms with van der Waals surface area (Å²) in [6, 6.07) is 7.22. The first-order chi connectivity index (χ1) is 13.4. The van der Waals surface area contributed by atoms with E-state index < -0.39 is 36.1 Å². The van der Waals surface area contributed by atoms with Crippen LogP contribution in [0.25, 0.3) is 0 Å². The Kier molecular flexibility index (Phi) is 4.86. The minimum atomic E-state index is -1.75. The quantitative estimate of drug-likeness (QED) is 0.601. The molecule has 0 aromatic heterocycles. The van der Waals surface area contributed by atoms with E-state index in [1.54, 1.807) is 17.0 Å². The summed E-state index contributed by atoms with van der Waals surface area (Å²) >= 11 is 0. The smallest absolute Gasteiger partial charge is 0.293 e. The average molecular weight is 391 g/mol. The third-order valence-corrected chi connectivity index (χ3v) is 5.93. The van der Waals surface area contributed by atoms with E-state index in [1.807, 2.05) is 12.1 Å². The summed E-state index contributed by atoms with van der Waals surface area (Å²) in [6.45, 7) is 2.94. The zero-order valence-electron chi connectivity index (χ0n) is 15.9. The number of carbonyl (C=O) groups excluding carboxylic acids is 1. The van der Waals surface area contributed by atoms with E-state index in [0.29, 0.717) is 23.8 Å². The van der Waals surface area contributed by atoms with E-state index in [4.69, 9.17) is 9.47 Å². The molecule has 3 aliphatic rings. The van der Waals surface area contributed by atoms with Crippen LogP contribution < -0.4 is 4.90 Å². The monoisotopic (exact) mass is 391 g/mol. The van der Waals surface area contributed by atoms with Crippen molar-refractivity contribution < 1.29 is 24.3 Å². The Labute approximate surface area is 163 Å². The van der Waals surface area contributed by atoms with Gasteiger partial charge in [-0.2, -0.15) is 0 Å². The Morgan fingerprint density at radius 2 is 2.04 bits per heavy atom. The maximum atomic E-state index is 13.4. The van der Waals surface area contributed by atoms with Gasteiger partial charge in [0.1, 0.15) is 19.8 Å². The van der Waals surface area contributed by atoms with Crippen molar-refractivity contribution in [1.82, 2.24) is 4.90 Å². The van der Waals surface area contributed by atoms with Crippen molar-refractivity contribution in [3.8, 4) is 0 Å². The van der Waals surface area contributed by atoms with Crippen LogP contribution in [0, 0.1) is 16.0 Å². The van der Waals surface area contributed by atoms with E-state index >= 15 is 0 Å². The van der Waals surface area contributed by atoms with Crippen molar-refractivity contribution in [2.75, 3.05) is 44.5 Å². The molecule has 1 amide bonds. The van der Waals surface area contributed by atoms with Gasteiger partial charge in [-0.1, -0.05) is 25.1 Å². The number of nitrogens with zero attached hydrogens (tertiary/aromatic N) is 3. The fraction of sp³-hybridized carbons (Fsp3) is 0.632. The molecule has 1 aromatic carbocycles. The number of amides is 1. The lowest BCUT2D eigenvalue weighted by Crippen LogP contribution is -2.61. The average Bonchev–Trinajstić information content (AvgIpc) is 2.92. The molecule has 0 unspecified atom stereocenters. The van der Waals surface area contributed by atoms with Crippen LogP contribution in [0.5, 0.6) is 0 Å². The molecule has 1 atom stereocenters. The fourth-order valence-corrected chi connectivity index (χ4v) is 4.23. The second kappa shape index (κ2) is 7.07. The van der Waals surface area contributed by atoms with Crippen LogP contribution >= 0.6 is 0 Å². The van der Waals surface area contributed by atoms with Crippen molar-refractivity contribution in [2.24, 2.45) is 5.92 Å². The van der Waals surface area contributed by atoms with Gasteiger partial charge < -0.3 is 14.6 Å². The molecule has 0 bridgehead atoms. The van der Waals surface area contributed by atoms with Crippen LogP contribution in [-0.2, 0) is 20.1 Å². The van der Waals surface area contributed by atoms with Gasteiger partial charge in [0.15, 0.2) is 0 Å². The molecule has 4 rings (SSSR count). The topological polar surface area (TPSA) is 105 Å². The molecule has 9 heteroatoms. The van der Waals surface area contributed by atoms with Crippen molar-refractivity contribution >= 4 is 11.6 Å². The zero-order chi connectivity index (χ0) is 19.9. The molecule has 1 N–H and O–H groups in total. The van der Waals surface area contributed by atoms with Crippen molar-refractivity contribution in [1.29, 1.82) is 0 Å². The highest BCUT2D eigenvalue weighted by molar-refractivity contribution is 6.06. The van der Waals surface area contributed by atoms with Gasteiger partial charge in [-0.05, 0) is 31.4 Å². The predicted octanol–water partition coefficient (Wildman–Crippen LogP) is 0.930. The Bertz CT molecular complexity index is 777. The highest BCUT2D eigenvalue weighted by atomic mass is 16.7. The summed E-state index contributed by atoms with van der Waals surface area (Å²) in [5.41, 5.74) is -0.501. The van der Waals surface area contributed by atoms with Gasteiger partial charge in [-0.25, -0.2) is 0 Å². The van der Waals surface area contributed by atoms with Gasteiger partial charge in [0.2, 0.25) is 0 Å². The number of benzene rings is 1. The molecule has 0 aliphatic carbocycles. The maximum Gasteiger partial charge on any atom is 0.293 e. The van der Waals surface area contributed by atoms with Crippen molar-refractivity contribution in [2.45, 2.75) is 31.1 Å². The third kappa shape index (κ3) is 2.89. The number of carbonyl (C=O) groups is 1. The molecule has 3 heterocycles. The highest BCUT2D eigenvalue weighted by Crippen LogP contribution is 2.46. The van der Waals surface area contributed by atoms with Gasteiger partial charge in [0.25, 0.3) is 17.2 Å². The minimum absolute atomic E-state index is 0.373. The molecule has 0 radical (unpaired) electrons. The van der Waals surface area contributed by atoms with E-state index in [1.165, 1.54) is 6.42 Å². The number of nitro groups is 1. The highest BCUT2D eigenvalue weighted by Gasteiger charge is 2.61. The summed E-state index contributed by atoms with van der Waals surface area (Å²) in [4.78, 5) is 28.0. The largest absolute Gasteiger partial charge is 0.389 e. The number of ether oxygens (including phenoxy) is 2. The first kappa shape index (κ1) is 19.3. The normalized spacial score (nSPS) is 33.3. The number of para-hydroxylation sites is 1. The Morgan fingerprint density at radius 1 is 1.32 bits per heavy atom. The van der Waals surface area contributed by atoms with Crippen LogP contribution in [0.3, 0.4) is 0 Å². The summed E-state index contributed by atoms with van der Waals surface area (Å²) in [7, 11) is 0. The van der Waals surface area contributed by atoms with Crippen LogP contribution in [0.2, 0.25) is 0 Å². The van der Waals surface area contributed by atoms with Gasteiger partial charge in [-0.3, -0.25) is 24.7 Å². The lowest BCUT2D eigenvalue weighted by molar-refractivity contribution is -0.598. The fourth-order valence-electron chi connectivity index (χ4n) is 4.23.